The van der Waals surface area contributed by atoms with Crippen molar-refractivity contribution in [2.24, 2.45) is 0 Å². The fourth-order valence-corrected chi connectivity index (χ4v) is 2.59. The molecule has 1 unspecified atom stereocenters. The molecule has 0 saturated carbocycles. The van der Waals surface area contributed by atoms with E-state index in [1.807, 2.05) is 56.4 Å². The Balaban J connectivity index is 1.99. The number of para-hydroxylation sites is 1. The van der Waals surface area contributed by atoms with Crippen LogP contribution < -0.4 is 10.2 Å². The van der Waals surface area contributed by atoms with Crippen LogP contribution in [0.3, 0.4) is 0 Å². The summed E-state index contributed by atoms with van der Waals surface area (Å²) >= 11 is 12.1. The molecule has 22 heavy (non-hydrogen) atoms. The van der Waals surface area contributed by atoms with Crippen molar-refractivity contribution in [1.29, 1.82) is 0 Å². The lowest BCUT2D eigenvalue weighted by Gasteiger charge is -2.21. The molecule has 2 N–H and O–H groups in total. The molecule has 2 aromatic rings. The summed E-state index contributed by atoms with van der Waals surface area (Å²) in [6, 6.07) is 14.7. The van der Waals surface area contributed by atoms with Gasteiger partial charge in [-0.3, -0.25) is 4.79 Å². The van der Waals surface area contributed by atoms with Crippen LogP contribution in [-0.4, -0.2) is 19.0 Å². The predicted molar refractivity (Wildman–Crippen MR) is 91.6 cm³/mol. The Hall–Kier alpha value is -1.55. The Morgan fingerprint density at radius 3 is 2.50 bits per heavy atom. The van der Waals surface area contributed by atoms with Crippen LogP contribution in [0.5, 0.6) is 0 Å². The summed E-state index contributed by atoms with van der Waals surface area (Å²) in [4.78, 5) is 13.4. The molecule has 0 spiro atoms. The van der Waals surface area contributed by atoms with E-state index in [2.05, 4.69) is 5.32 Å². The second-order valence-electron chi connectivity index (χ2n) is 5.34. The molecule has 5 heteroatoms. The smallest absolute Gasteiger partial charge is 0.282 e. The van der Waals surface area contributed by atoms with Crippen molar-refractivity contribution in [3.8, 4) is 0 Å². The molecule has 116 valence electrons. The van der Waals surface area contributed by atoms with E-state index in [1.54, 1.807) is 6.07 Å². The van der Waals surface area contributed by atoms with Crippen LogP contribution in [0, 0.1) is 0 Å². The Labute approximate surface area is 140 Å². The zero-order valence-corrected chi connectivity index (χ0v) is 14.1. The number of amides is 1. The molecule has 0 saturated heterocycles. The van der Waals surface area contributed by atoms with Crippen LogP contribution in [0.4, 0.5) is 5.69 Å². The number of carbonyl (C=O) groups excluding carboxylic acids is 1. The maximum Gasteiger partial charge on any atom is 0.282 e. The number of halogens is 2. The van der Waals surface area contributed by atoms with Crippen molar-refractivity contribution in [1.82, 2.24) is 0 Å². The molecule has 3 nitrogen and oxygen atoms in total. The average Bonchev–Trinajstić information content (AvgIpc) is 2.50. The topological polar surface area (TPSA) is 33.5 Å². The number of rotatable bonds is 5. The molecule has 0 aromatic heterocycles. The SMILES string of the molecule is C[C@H](C(=O)Nc1ccccc1)[NH+](C)Cc1ccc(Cl)cc1Cl. The quantitative estimate of drug-likeness (QED) is 0.863. The molecule has 0 aliphatic heterocycles. The number of anilines is 1. The van der Waals surface area contributed by atoms with E-state index in [1.165, 1.54) is 0 Å². The van der Waals surface area contributed by atoms with Crippen LogP contribution >= 0.6 is 23.2 Å². The van der Waals surface area contributed by atoms with E-state index in [4.69, 9.17) is 23.2 Å². The first-order valence-electron chi connectivity index (χ1n) is 7.09. The highest BCUT2D eigenvalue weighted by atomic mass is 35.5. The molecule has 0 fully saturated rings. The summed E-state index contributed by atoms with van der Waals surface area (Å²) in [5, 5.41) is 4.16. The second kappa shape index (κ2) is 7.63. The molecule has 2 aromatic carbocycles. The maximum atomic E-state index is 12.3. The van der Waals surface area contributed by atoms with Crippen molar-refractivity contribution >= 4 is 34.8 Å². The van der Waals surface area contributed by atoms with Gasteiger partial charge in [0.05, 0.1) is 12.1 Å². The van der Waals surface area contributed by atoms with E-state index < -0.39 is 0 Å². The third kappa shape index (κ3) is 4.47. The predicted octanol–water partition coefficient (Wildman–Crippen LogP) is 3.04. The Kier molecular flexibility index (Phi) is 5.83. The van der Waals surface area contributed by atoms with Gasteiger partial charge in [-0.15, -0.1) is 0 Å². The number of hydrogen-bond donors (Lipinski definition) is 2. The summed E-state index contributed by atoms with van der Waals surface area (Å²) in [6.45, 7) is 2.55. The normalized spacial score (nSPS) is 13.5. The Morgan fingerprint density at radius 1 is 1.18 bits per heavy atom. The molecule has 0 bridgehead atoms. The average molecular weight is 338 g/mol. The van der Waals surface area contributed by atoms with Crippen LogP contribution in [0.2, 0.25) is 10.0 Å². The zero-order chi connectivity index (χ0) is 16.1. The lowest BCUT2D eigenvalue weighted by molar-refractivity contribution is -0.907. The number of likely N-dealkylation sites (N-methyl/N-ethyl adjacent to an activating group) is 1. The molecule has 1 amide bonds. The molecule has 0 heterocycles. The van der Waals surface area contributed by atoms with Crippen LogP contribution in [0.25, 0.3) is 0 Å². The highest BCUT2D eigenvalue weighted by Gasteiger charge is 2.22. The Bertz CT molecular complexity index is 646. The highest BCUT2D eigenvalue weighted by Crippen LogP contribution is 2.20. The van der Waals surface area contributed by atoms with E-state index >= 15 is 0 Å². The van der Waals surface area contributed by atoms with Crippen LogP contribution in [0.1, 0.15) is 12.5 Å². The fraction of sp³-hybridized carbons (Fsp3) is 0.235. The van der Waals surface area contributed by atoms with Crippen molar-refractivity contribution in [3.63, 3.8) is 0 Å². The van der Waals surface area contributed by atoms with Crippen molar-refractivity contribution in [3.05, 3.63) is 64.1 Å². The number of nitrogens with one attached hydrogen (secondary N) is 2. The minimum absolute atomic E-state index is 0.0196. The lowest BCUT2D eigenvalue weighted by Crippen LogP contribution is -3.12. The fourth-order valence-electron chi connectivity index (χ4n) is 2.11. The van der Waals surface area contributed by atoms with Gasteiger partial charge in [-0.25, -0.2) is 0 Å². The van der Waals surface area contributed by atoms with Gasteiger partial charge in [0.25, 0.3) is 5.91 Å². The van der Waals surface area contributed by atoms with E-state index in [0.717, 1.165) is 16.2 Å². The number of benzene rings is 2. The first kappa shape index (κ1) is 16.8. The van der Waals surface area contributed by atoms with Crippen molar-refractivity contribution < 1.29 is 9.69 Å². The molecular weight excluding hydrogens is 319 g/mol. The second-order valence-corrected chi connectivity index (χ2v) is 6.18. The van der Waals surface area contributed by atoms with Gasteiger partial charge in [0.1, 0.15) is 6.54 Å². The summed E-state index contributed by atoms with van der Waals surface area (Å²) in [6.07, 6.45) is 0. The highest BCUT2D eigenvalue weighted by molar-refractivity contribution is 6.35. The first-order valence-corrected chi connectivity index (χ1v) is 7.85. The zero-order valence-electron chi connectivity index (χ0n) is 12.6. The largest absolute Gasteiger partial charge is 0.324 e. The van der Waals surface area contributed by atoms with Gasteiger partial charge in [0.2, 0.25) is 0 Å². The maximum absolute atomic E-state index is 12.3. The minimum Gasteiger partial charge on any atom is -0.324 e. The molecule has 0 aliphatic carbocycles. The summed E-state index contributed by atoms with van der Waals surface area (Å²) < 4.78 is 0. The minimum atomic E-state index is -0.202. The van der Waals surface area contributed by atoms with Crippen LogP contribution in [-0.2, 0) is 11.3 Å². The van der Waals surface area contributed by atoms with Gasteiger partial charge >= 0.3 is 0 Å². The van der Waals surface area contributed by atoms with Crippen molar-refractivity contribution in [2.75, 3.05) is 12.4 Å². The molecule has 2 atom stereocenters. The standard InChI is InChI=1S/C17H18Cl2N2O/c1-12(17(22)20-15-6-4-3-5-7-15)21(2)11-13-8-9-14(18)10-16(13)19/h3-10,12H,11H2,1-2H3,(H,20,22)/p+1/t12-/m1/s1. The number of quaternary nitrogens is 1. The first-order chi connectivity index (χ1) is 10.5. The molecule has 0 aliphatic rings. The van der Waals surface area contributed by atoms with E-state index in [-0.39, 0.29) is 11.9 Å². The third-order valence-corrected chi connectivity index (χ3v) is 4.25. The Morgan fingerprint density at radius 2 is 1.86 bits per heavy atom. The number of hydrogen-bond acceptors (Lipinski definition) is 1. The van der Waals surface area contributed by atoms with Gasteiger partial charge < -0.3 is 10.2 Å². The van der Waals surface area contributed by atoms with E-state index in [0.29, 0.717) is 16.6 Å². The summed E-state index contributed by atoms with van der Waals surface area (Å²) in [5.41, 5.74) is 1.78. The van der Waals surface area contributed by atoms with Gasteiger partial charge in [0, 0.05) is 16.3 Å². The van der Waals surface area contributed by atoms with Gasteiger partial charge in [-0.2, -0.15) is 0 Å². The van der Waals surface area contributed by atoms with Crippen LogP contribution in [0.15, 0.2) is 48.5 Å². The number of carbonyl (C=O) groups is 1. The van der Waals surface area contributed by atoms with Crippen molar-refractivity contribution in [2.45, 2.75) is 19.5 Å². The van der Waals surface area contributed by atoms with E-state index in [9.17, 15) is 4.79 Å². The van der Waals surface area contributed by atoms with Gasteiger partial charge in [-0.05, 0) is 31.2 Å². The monoisotopic (exact) mass is 337 g/mol. The van der Waals surface area contributed by atoms with Gasteiger partial charge in [0.15, 0.2) is 6.04 Å². The van der Waals surface area contributed by atoms with Gasteiger partial charge in [-0.1, -0.05) is 47.5 Å². The summed E-state index contributed by atoms with van der Waals surface area (Å²) in [5.74, 6) is -0.0196. The summed E-state index contributed by atoms with van der Waals surface area (Å²) in [7, 11) is 1.97. The molecular formula is C17H19Cl2N2O+. The third-order valence-electron chi connectivity index (χ3n) is 3.66. The lowest BCUT2D eigenvalue weighted by atomic mass is 10.2. The molecule has 2 rings (SSSR count). The molecule has 0 radical (unpaired) electrons.